The second-order valence-corrected chi connectivity index (χ2v) is 4.11. The first kappa shape index (κ1) is 13.5. The van der Waals surface area contributed by atoms with Crippen LogP contribution in [-0.4, -0.2) is 31.9 Å². The molecule has 2 heterocycles. The van der Waals surface area contributed by atoms with E-state index in [1.165, 1.54) is 0 Å². The number of hydrogen-bond acceptors (Lipinski definition) is 4. The van der Waals surface area contributed by atoms with Gasteiger partial charge in [-0.2, -0.15) is 0 Å². The zero-order chi connectivity index (χ0) is 14.5. The minimum atomic E-state index is -1.61. The van der Waals surface area contributed by atoms with Gasteiger partial charge in [0.05, 0.1) is 5.69 Å². The molecule has 102 valence electrons. The van der Waals surface area contributed by atoms with Gasteiger partial charge in [0, 0.05) is 24.7 Å². The summed E-state index contributed by atoms with van der Waals surface area (Å²) in [7, 11) is 0. The van der Waals surface area contributed by atoms with Gasteiger partial charge in [-0.15, -0.1) is 0 Å². The number of carbonyl (C=O) groups is 2. The number of H-pyrrole nitrogens is 1. The van der Waals surface area contributed by atoms with Crippen LogP contribution in [0.1, 0.15) is 16.8 Å². The van der Waals surface area contributed by atoms with Crippen molar-refractivity contribution in [3.8, 4) is 0 Å². The number of ketones is 1. The molecule has 0 bridgehead atoms. The first-order valence-corrected chi connectivity index (χ1v) is 5.81. The van der Waals surface area contributed by atoms with Crippen molar-refractivity contribution < 1.29 is 19.8 Å². The van der Waals surface area contributed by atoms with Crippen molar-refractivity contribution in [2.24, 2.45) is 0 Å². The Bertz CT molecular complexity index is 659. The number of rotatable bonds is 5. The van der Waals surface area contributed by atoms with Gasteiger partial charge in [0.25, 0.3) is 5.78 Å². The van der Waals surface area contributed by atoms with Gasteiger partial charge < -0.3 is 15.2 Å². The monoisotopic (exact) mass is 272 g/mol. The zero-order valence-corrected chi connectivity index (χ0v) is 10.4. The Hall–Kier alpha value is -2.89. The number of aliphatic carboxylic acids is 1. The van der Waals surface area contributed by atoms with E-state index in [1.807, 2.05) is 12.1 Å². The van der Waals surface area contributed by atoms with Crippen LogP contribution >= 0.6 is 0 Å². The summed E-state index contributed by atoms with van der Waals surface area (Å²) in [6, 6.07) is 5.42. The summed E-state index contributed by atoms with van der Waals surface area (Å²) >= 11 is 0. The molecule has 0 unspecified atom stereocenters. The van der Waals surface area contributed by atoms with Crippen molar-refractivity contribution >= 4 is 17.5 Å². The maximum Gasteiger partial charge on any atom is 0.376 e. The summed E-state index contributed by atoms with van der Waals surface area (Å²) in [5.74, 6) is -3.18. The van der Waals surface area contributed by atoms with Crippen molar-refractivity contribution in [2.45, 2.75) is 6.42 Å². The Morgan fingerprint density at radius 1 is 1.20 bits per heavy atom. The number of carbonyl (C=O) groups excluding carboxylic acids is 1. The second-order valence-electron chi connectivity index (χ2n) is 4.11. The molecule has 2 aromatic heterocycles. The summed E-state index contributed by atoms with van der Waals surface area (Å²) < 4.78 is 0. The van der Waals surface area contributed by atoms with Crippen LogP contribution in [0.4, 0.5) is 0 Å². The Labute approximate surface area is 114 Å². The van der Waals surface area contributed by atoms with E-state index < -0.39 is 17.5 Å². The highest BCUT2D eigenvalue weighted by Crippen LogP contribution is 2.18. The molecule has 0 aliphatic heterocycles. The SMILES string of the molecule is O=C(O)C(=O)C=C(O)c1[nH]ccc1Cc1ccncc1. The third-order valence-electron chi connectivity index (χ3n) is 2.71. The molecule has 0 atom stereocenters. The molecular formula is C14H12N2O4. The van der Waals surface area contributed by atoms with E-state index in [-0.39, 0.29) is 0 Å². The Morgan fingerprint density at radius 2 is 1.90 bits per heavy atom. The van der Waals surface area contributed by atoms with E-state index in [0.717, 1.165) is 11.1 Å². The van der Waals surface area contributed by atoms with Crippen LogP contribution in [0.5, 0.6) is 0 Å². The van der Waals surface area contributed by atoms with Crippen LogP contribution < -0.4 is 0 Å². The quantitative estimate of drug-likeness (QED) is 0.435. The molecule has 6 nitrogen and oxygen atoms in total. The number of nitrogens with zero attached hydrogens (tertiary/aromatic N) is 1. The fourth-order valence-corrected chi connectivity index (χ4v) is 1.77. The first-order chi connectivity index (χ1) is 9.58. The van der Waals surface area contributed by atoms with E-state index in [1.54, 1.807) is 24.7 Å². The molecule has 0 aromatic carbocycles. The molecule has 0 amide bonds. The molecule has 2 rings (SSSR count). The maximum atomic E-state index is 11.1. The van der Waals surface area contributed by atoms with E-state index in [9.17, 15) is 14.7 Å². The molecular weight excluding hydrogens is 260 g/mol. The van der Waals surface area contributed by atoms with Gasteiger partial charge in [0.1, 0.15) is 5.76 Å². The van der Waals surface area contributed by atoms with Gasteiger partial charge in [-0.3, -0.25) is 9.78 Å². The normalized spacial score (nSPS) is 11.3. The summed E-state index contributed by atoms with van der Waals surface area (Å²) in [5, 5.41) is 18.3. The molecule has 0 saturated heterocycles. The lowest BCUT2D eigenvalue weighted by Crippen LogP contribution is -2.09. The van der Waals surface area contributed by atoms with Crippen LogP contribution in [-0.2, 0) is 16.0 Å². The zero-order valence-electron chi connectivity index (χ0n) is 10.4. The summed E-state index contributed by atoms with van der Waals surface area (Å²) in [6.45, 7) is 0. The molecule has 0 aliphatic carbocycles. The molecule has 20 heavy (non-hydrogen) atoms. The van der Waals surface area contributed by atoms with E-state index >= 15 is 0 Å². The standard InChI is InChI=1S/C14H12N2O4/c17-11(8-12(18)14(19)20)13-10(3-6-16-13)7-9-1-4-15-5-2-9/h1-6,8,16-17H,7H2,(H,19,20). The number of aromatic amines is 1. The van der Waals surface area contributed by atoms with Crippen molar-refractivity contribution in [3.63, 3.8) is 0 Å². The lowest BCUT2D eigenvalue weighted by Gasteiger charge is -2.03. The van der Waals surface area contributed by atoms with Gasteiger partial charge in [-0.05, 0) is 35.7 Å². The largest absolute Gasteiger partial charge is 0.506 e. The smallest absolute Gasteiger partial charge is 0.376 e. The van der Waals surface area contributed by atoms with Crippen molar-refractivity contribution in [1.82, 2.24) is 9.97 Å². The molecule has 0 radical (unpaired) electrons. The third kappa shape index (κ3) is 3.11. The van der Waals surface area contributed by atoms with E-state index in [0.29, 0.717) is 18.2 Å². The predicted molar refractivity (Wildman–Crippen MR) is 71.1 cm³/mol. The highest BCUT2D eigenvalue weighted by Gasteiger charge is 2.14. The average Bonchev–Trinajstić information content (AvgIpc) is 2.88. The fourth-order valence-electron chi connectivity index (χ4n) is 1.77. The fraction of sp³-hybridized carbons (Fsp3) is 0.0714. The number of carboxylic acid groups (broad SMARTS) is 1. The second kappa shape index (κ2) is 5.83. The Balaban J connectivity index is 2.25. The van der Waals surface area contributed by atoms with Crippen LogP contribution in [0.2, 0.25) is 0 Å². The molecule has 3 N–H and O–H groups in total. The van der Waals surface area contributed by atoms with Gasteiger partial charge in [-0.1, -0.05) is 0 Å². The molecule has 0 fully saturated rings. The third-order valence-corrected chi connectivity index (χ3v) is 2.71. The summed E-state index contributed by atoms with van der Waals surface area (Å²) in [5.41, 5.74) is 2.07. The van der Waals surface area contributed by atoms with Crippen LogP contribution in [0, 0.1) is 0 Å². The Morgan fingerprint density at radius 3 is 2.55 bits per heavy atom. The van der Waals surface area contributed by atoms with Crippen molar-refractivity contribution in [2.75, 3.05) is 0 Å². The van der Waals surface area contributed by atoms with Crippen molar-refractivity contribution in [1.29, 1.82) is 0 Å². The van der Waals surface area contributed by atoms with Crippen LogP contribution in [0.15, 0.2) is 42.9 Å². The van der Waals surface area contributed by atoms with Gasteiger partial charge in [0.2, 0.25) is 0 Å². The predicted octanol–water partition coefficient (Wildman–Crippen LogP) is 1.55. The molecule has 0 saturated carbocycles. The Kier molecular flexibility index (Phi) is 3.95. The number of aliphatic hydroxyl groups excluding tert-OH is 1. The lowest BCUT2D eigenvalue weighted by atomic mass is 10.1. The first-order valence-electron chi connectivity index (χ1n) is 5.81. The van der Waals surface area contributed by atoms with E-state index in [4.69, 9.17) is 5.11 Å². The number of hydrogen-bond donors (Lipinski definition) is 3. The molecule has 6 heteroatoms. The number of nitrogens with one attached hydrogen (secondary N) is 1. The van der Waals surface area contributed by atoms with Crippen molar-refractivity contribution in [3.05, 3.63) is 59.7 Å². The number of aromatic nitrogens is 2. The van der Waals surface area contributed by atoms with Gasteiger partial charge in [0.15, 0.2) is 0 Å². The molecule has 0 aliphatic rings. The summed E-state index contributed by atoms with van der Waals surface area (Å²) in [6.07, 6.45) is 6.14. The lowest BCUT2D eigenvalue weighted by molar-refractivity contribution is -0.146. The minimum absolute atomic E-state index is 0.330. The molecule has 0 spiro atoms. The number of aliphatic hydroxyl groups is 1. The van der Waals surface area contributed by atoms with Crippen LogP contribution in [0.25, 0.3) is 5.76 Å². The topological polar surface area (TPSA) is 103 Å². The minimum Gasteiger partial charge on any atom is -0.506 e. The highest BCUT2D eigenvalue weighted by molar-refractivity contribution is 6.38. The highest BCUT2D eigenvalue weighted by atomic mass is 16.4. The maximum absolute atomic E-state index is 11.1. The van der Waals surface area contributed by atoms with Crippen LogP contribution in [0.3, 0.4) is 0 Å². The van der Waals surface area contributed by atoms with Gasteiger partial charge in [-0.25, -0.2) is 4.79 Å². The number of pyridine rings is 1. The molecule has 2 aromatic rings. The summed E-state index contributed by atoms with van der Waals surface area (Å²) in [4.78, 5) is 28.2. The van der Waals surface area contributed by atoms with E-state index in [2.05, 4.69) is 9.97 Å². The average molecular weight is 272 g/mol. The van der Waals surface area contributed by atoms with Gasteiger partial charge >= 0.3 is 5.97 Å². The number of carboxylic acids is 1.